The predicted octanol–water partition coefficient (Wildman–Crippen LogP) is 1.27. The molecular formula is C8H12O4. The molecule has 12 heavy (non-hydrogen) atoms. The van der Waals surface area contributed by atoms with Crippen LogP contribution in [0.5, 0.6) is 0 Å². The second kappa shape index (κ2) is 5.35. The van der Waals surface area contributed by atoms with Crippen LogP contribution in [0.3, 0.4) is 0 Å². The number of carboxylic acids is 2. The number of carboxylic acid groups (broad SMARTS) is 2. The van der Waals surface area contributed by atoms with E-state index in [9.17, 15) is 9.59 Å². The maximum absolute atomic E-state index is 10.2. The first kappa shape index (κ1) is 10.7. The minimum atomic E-state index is -0.990. The SMILES string of the molecule is CCC=C(CC(=O)O)CC(=O)O. The van der Waals surface area contributed by atoms with Crippen LogP contribution >= 0.6 is 0 Å². The van der Waals surface area contributed by atoms with Gasteiger partial charge in [0.15, 0.2) is 0 Å². The third kappa shape index (κ3) is 5.46. The second-order valence-electron chi connectivity index (χ2n) is 2.41. The molecule has 4 nitrogen and oxygen atoms in total. The average Bonchev–Trinajstić information content (AvgIpc) is 1.84. The van der Waals surface area contributed by atoms with Gasteiger partial charge in [-0.25, -0.2) is 0 Å². The van der Waals surface area contributed by atoms with Crippen molar-refractivity contribution in [3.05, 3.63) is 11.6 Å². The molecule has 0 rings (SSSR count). The van der Waals surface area contributed by atoms with Gasteiger partial charge in [0.05, 0.1) is 12.8 Å². The van der Waals surface area contributed by atoms with Crippen molar-refractivity contribution < 1.29 is 19.8 Å². The molecule has 0 saturated heterocycles. The molecule has 4 heteroatoms. The summed E-state index contributed by atoms with van der Waals surface area (Å²) in [4.78, 5) is 20.5. The molecule has 0 saturated carbocycles. The molecule has 0 aliphatic rings. The summed E-state index contributed by atoms with van der Waals surface area (Å²) in [5.74, 6) is -1.98. The summed E-state index contributed by atoms with van der Waals surface area (Å²) in [5.41, 5.74) is 0.456. The Kier molecular flexibility index (Phi) is 4.76. The van der Waals surface area contributed by atoms with Gasteiger partial charge in [-0.15, -0.1) is 0 Å². The van der Waals surface area contributed by atoms with Crippen molar-refractivity contribution in [2.75, 3.05) is 0 Å². The van der Waals surface area contributed by atoms with Crippen LogP contribution in [0.25, 0.3) is 0 Å². The molecule has 0 aliphatic heterocycles. The second-order valence-corrected chi connectivity index (χ2v) is 2.41. The fraction of sp³-hybridized carbons (Fsp3) is 0.500. The number of aliphatic carboxylic acids is 2. The zero-order chi connectivity index (χ0) is 9.56. The first-order valence-electron chi connectivity index (χ1n) is 3.67. The minimum Gasteiger partial charge on any atom is -0.481 e. The van der Waals surface area contributed by atoms with Crippen molar-refractivity contribution in [1.82, 2.24) is 0 Å². The van der Waals surface area contributed by atoms with Crippen molar-refractivity contribution in [1.29, 1.82) is 0 Å². The fourth-order valence-electron chi connectivity index (χ4n) is 0.884. The first-order chi connectivity index (χ1) is 5.56. The highest BCUT2D eigenvalue weighted by Gasteiger charge is 2.07. The monoisotopic (exact) mass is 172 g/mol. The Labute approximate surface area is 70.5 Å². The Morgan fingerprint density at radius 2 is 1.58 bits per heavy atom. The van der Waals surface area contributed by atoms with Gasteiger partial charge in [-0.1, -0.05) is 18.6 Å². The van der Waals surface area contributed by atoms with Gasteiger partial charge >= 0.3 is 11.9 Å². The molecule has 0 heterocycles. The van der Waals surface area contributed by atoms with Gasteiger partial charge in [0, 0.05) is 0 Å². The van der Waals surface area contributed by atoms with Gasteiger partial charge < -0.3 is 10.2 Å². The van der Waals surface area contributed by atoms with Crippen LogP contribution in [-0.2, 0) is 9.59 Å². The number of hydrogen-bond acceptors (Lipinski definition) is 2. The van der Waals surface area contributed by atoms with Crippen LogP contribution in [0.2, 0.25) is 0 Å². The molecule has 0 amide bonds. The molecule has 0 aromatic heterocycles. The van der Waals surface area contributed by atoms with E-state index in [1.54, 1.807) is 6.08 Å². The van der Waals surface area contributed by atoms with Crippen LogP contribution in [0, 0.1) is 0 Å². The standard InChI is InChI=1S/C8H12O4/c1-2-3-6(4-7(9)10)5-8(11)12/h3H,2,4-5H2,1H3,(H,9,10)(H,11,12). The summed E-state index contributed by atoms with van der Waals surface area (Å²) in [5, 5.41) is 16.8. The van der Waals surface area contributed by atoms with E-state index in [4.69, 9.17) is 10.2 Å². The van der Waals surface area contributed by atoms with Crippen molar-refractivity contribution in [2.24, 2.45) is 0 Å². The maximum Gasteiger partial charge on any atom is 0.307 e. The summed E-state index contributed by atoms with van der Waals surface area (Å²) in [6.45, 7) is 1.84. The molecule has 0 spiro atoms. The topological polar surface area (TPSA) is 74.6 Å². The molecule has 0 fully saturated rings. The normalized spacial score (nSPS) is 9.08. The van der Waals surface area contributed by atoms with Gasteiger partial charge in [-0.2, -0.15) is 0 Å². The van der Waals surface area contributed by atoms with Crippen molar-refractivity contribution >= 4 is 11.9 Å². The Hall–Kier alpha value is -1.32. The van der Waals surface area contributed by atoms with E-state index >= 15 is 0 Å². The van der Waals surface area contributed by atoms with Crippen molar-refractivity contribution in [3.8, 4) is 0 Å². The highest BCUT2D eigenvalue weighted by atomic mass is 16.4. The maximum atomic E-state index is 10.2. The number of rotatable bonds is 5. The van der Waals surface area contributed by atoms with Gasteiger partial charge in [-0.05, 0) is 6.42 Å². The Balaban J connectivity index is 4.14. The van der Waals surface area contributed by atoms with Gasteiger partial charge in [0.2, 0.25) is 0 Å². The Morgan fingerprint density at radius 3 is 1.83 bits per heavy atom. The van der Waals surface area contributed by atoms with Crippen LogP contribution in [0.1, 0.15) is 26.2 Å². The van der Waals surface area contributed by atoms with Gasteiger partial charge in [0.25, 0.3) is 0 Å². The van der Waals surface area contributed by atoms with Gasteiger partial charge in [0.1, 0.15) is 0 Å². The Morgan fingerprint density at radius 1 is 1.17 bits per heavy atom. The quantitative estimate of drug-likeness (QED) is 0.612. The summed E-state index contributed by atoms with van der Waals surface area (Å²) in [6, 6.07) is 0. The number of hydrogen-bond donors (Lipinski definition) is 2. The van der Waals surface area contributed by atoms with Gasteiger partial charge in [-0.3, -0.25) is 9.59 Å². The van der Waals surface area contributed by atoms with Crippen LogP contribution in [0.4, 0.5) is 0 Å². The molecule has 2 N–H and O–H groups in total. The average molecular weight is 172 g/mol. The van der Waals surface area contributed by atoms with Crippen molar-refractivity contribution in [3.63, 3.8) is 0 Å². The van der Waals surface area contributed by atoms with E-state index in [0.29, 0.717) is 12.0 Å². The van der Waals surface area contributed by atoms with E-state index in [2.05, 4.69) is 0 Å². The molecule has 0 aliphatic carbocycles. The lowest BCUT2D eigenvalue weighted by molar-refractivity contribution is -0.136. The first-order valence-corrected chi connectivity index (χ1v) is 3.67. The zero-order valence-corrected chi connectivity index (χ0v) is 6.91. The highest BCUT2D eigenvalue weighted by molar-refractivity contribution is 5.75. The lowest BCUT2D eigenvalue weighted by Gasteiger charge is -1.99. The highest BCUT2D eigenvalue weighted by Crippen LogP contribution is 2.07. The zero-order valence-electron chi connectivity index (χ0n) is 6.91. The predicted molar refractivity (Wildman–Crippen MR) is 42.9 cm³/mol. The molecule has 0 aromatic rings. The molecular weight excluding hydrogens is 160 g/mol. The molecule has 68 valence electrons. The molecule has 0 radical (unpaired) electrons. The lowest BCUT2D eigenvalue weighted by atomic mass is 10.1. The smallest absolute Gasteiger partial charge is 0.307 e. The van der Waals surface area contributed by atoms with E-state index < -0.39 is 11.9 Å². The summed E-state index contributed by atoms with van der Waals surface area (Å²) >= 11 is 0. The van der Waals surface area contributed by atoms with Crippen LogP contribution in [-0.4, -0.2) is 22.2 Å². The third-order valence-electron chi connectivity index (χ3n) is 1.25. The molecule has 0 aromatic carbocycles. The van der Waals surface area contributed by atoms with E-state index in [0.717, 1.165) is 0 Å². The van der Waals surface area contributed by atoms with Crippen LogP contribution < -0.4 is 0 Å². The number of allylic oxidation sites excluding steroid dienone is 1. The minimum absolute atomic E-state index is 0.180. The largest absolute Gasteiger partial charge is 0.481 e. The Bertz CT molecular complexity index is 187. The van der Waals surface area contributed by atoms with E-state index in [1.165, 1.54) is 0 Å². The molecule has 0 atom stereocenters. The van der Waals surface area contributed by atoms with Crippen LogP contribution in [0.15, 0.2) is 11.6 Å². The molecule has 0 unspecified atom stereocenters. The third-order valence-corrected chi connectivity index (χ3v) is 1.25. The van der Waals surface area contributed by atoms with Crippen molar-refractivity contribution in [2.45, 2.75) is 26.2 Å². The lowest BCUT2D eigenvalue weighted by Crippen LogP contribution is -2.03. The molecule has 0 bridgehead atoms. The summed E-state index contributed by atoms with van der Waals surface area (Å²) in [7, 11) is 0. The van der Waals surface area contributed by atoms with E-state index in [1.807, 2.05) is 6.92 Å². The summed E-state index contributed by atoms with van der Waals surface area (Å²) in [6.07, 6.45) is 1.94. The summed E-state index contributed by atoms with van der Waals surface area (Å²) < 4.78 is 0. The number of carbonyl (C=O) groups is 2. The van der Waals surface area contributed by atoms with E-state index in [-0.39, 0.29) is 12.8 Å². The fourth-order valence-corrected chi connectivity index (χ4v) is 0.884.